The van der Waals surface area contributed by atoms with Gasteiger partial charge in [0.1, 0.15) is 11.3 Å². The summed E-state index contributed by atoms with van der Waals surface area (Å²) in [6.45, 7) is 6.23. The Bertz CT molecular complexity index is 1220. The molecule has 7 nitrogen and oxygen atoms in total. The molecular formula is C23H24N4O3S. The zero-order chi connectivity index (χ0) is 22.2. The monoisotopic (exact) mass is 436 g/mol. The number of phenolic OH excluding ortho intramolecular Hbond substituents is 1. The van der Waals surface area contributed by atoms with Crippen molar-refractivity contribution in [1.29, 1.82) is 0 Å². The number of amides is 1. The van der Waals surface area contributed by atoms with E-state index in [-0.39, 0.29) is 22.8 Å². The summed E-state index contributed by atoms with van der Waals surface area (Å²) in [7, 11) is 1.83. The van der Waals surface area contributed by atoms with Gasteiger partial charge in [0.05, 0.1) is 11.4 Å². The molecule has 8 heteroatoms. The lowest BCUT2D eigenvalue weighted by atomic mass is 9.87. The number of thioether (sulfide) groups is 1. The second-order valence-electron chi connectivity index (χ2n) is 8.33. The highest BCUT2D eigenvalue weighted by Crippen LogP contribution is 2.31. The predicted molar refractivity (Wildman–Crippen MR) is 122 cm³/mol. The first-order valence-corrected chi connectivity index (χ1v) is 10.9. The van der Waals surface area contributed by atoms with Crippen molar-refractivity contribution in [1.82, 2.24) is 14.8 Å². The Morgan fingerprint density at radius 3 is 2.68 bits per heavy atom. The lowest BCUT2D eigenvalue weighted by molar-refractivity contribution is -0.113. The first-order valence-electron chi connectivity index (χ1n) is 9.87. The topological polar surface area (TPSA) is 93.2 Å². The molecule has 0 saturated carbocycles. The molecule has 0 unspecified atom stereocenters. The molecule has 0 saturated heterocycles. The number of furan rings is 1. The zero-order valence-electron chi connectivity index (χ0n) is 17.8. The van der Waals surface area contributed by atoms with Crippen molar-refractivity contribution in [3.05, 3.63) is 54.1 Å². The van der Waals surface area contributed by atoms with E-state index in [9.17, 15) is 9.90 Å². The van der Waals surface area contributed by atoms with Crippen LogP contribution in [0.5, 0.6) is 5.75 Å². The number of phenols is 1. The SMILES string of the molecule is Cn1c(SCC(=O)Nc2cc(C(C)(C)C)ccc2O)nnc1-c1cc2ccccc2o1. The summed E-state index contributed by atoms with van der Waals surface area (Å²) < 4.78 is 7.66. The summed E-state index contributed by atoms with van der Waals surface area (Å²) in [5.74, 6) is 1.15. The number of hydrogen-bond donors (Lipinski definition) is 2. The number of hydrogen-bond acceptors (Lipinski definition) is 6. The maximum Gasteiger partial charge on any atom is 0.234 e. The fourth-order valence-corrected chi connectivity index (χ4v) is 3.88. The van der Waals surface area contributed by atoms with Gasteiger partial charge in [0.15, 0.2) is 16.7 Å². The van der Waals surface area contributed by atoms with E-state index in [0.29, 0.717) is 22.4 Å². The molecule has 1 amide bonds. The Kier molecular flexibility index (Phi) is 5.49. The standard InChI is InChI=1S/C23H24N4O3S/c1-23(2,3)15-9-10-17(28)16(12-15)24-20(29)13-31-22-26-25-21(27(22)4)19-11-14-7-5-6-8-18(14)30-19/h5-12,28H,13H2,1-4H3,(H,24,29). The van der Waals surface area contributed by atoms with Crippen molar-refractivity contribution in [3.8, 4) is 17.3 Å². The second kappa shape index (κ2) is 8.11. The fraction of sp³-hybridized carbons (Fsp3) is 0.261. The number of aromatic hydroxyl groups is 1. The number of aromatic nitrogens is 3. The number of carbonyl (C=O) groups excluding carboxylic acids is 1. The summed E-state index contributed by atoms with van der Waals surface area (Å²) in [5.41, 5.74) is 2.12. The summed E-state index contributed by atoms with van der Waals surface area (Å²) in [6, 6.07) is 14.9. The molecule has 4 aromatic rings. The molecule has 31 heavy (non-hydrogen) atoms. The third-order valence-corrected chi connectivity index (χ3v) is 5.97. The quantitative estimate of drug-likeness (QED) is 0.339. The van der Waals surface area contributed by atoms with E-state index in [4.69, 9.17) is 4.42 Å². The molecule has 2 N–H and O–H groups in total. The Labute approximate surface area is 184 Å². The maximum absolute atomic E-state index is 12.5. The van der Waals surface area contributed by atoms with Crippen LogP contribution in [-0.2, 0) is 17.3 Å². The number of carbonyl (C=O) groups is 1. The number of para-hydroxylation sites is 1. The molecule has 2 aromatic carbocycles. The molecule has 0 aliphatic heterocycles. The van der Waals surface area contributed by atoms with Crippen molar-refractivity contribution >= 4 is 34.3 Å². The van der Waals surface area contributed by atoms with Gasteiger partial charge in [-0.15, -0.1) is 10.2 Å². The normalized spacial score (nSPS) is 11.7. The highest BCUT2D eigenvalue weighted by atomic mass is 32.2. The lowest BCUT2D eigenvalue weighted by Gasteiger charge is -2.20. The Balaban J connectivity index is 1.45. The van der Waals surface area contributed by atoms with Crippen LogP contribution in [0, 0.1) is 0 Å². The van der Waals surface area contributed by atoms with E-state index in [1.165, 1.54) is 11.8 Å². The first kappa shape index (κ1) is 21.0. The number of nitrogens with one attached hydrogen (secondary N) is 1. The van der Waals surface area contributed by atoms with Gasteiger partial charge in [0.2, 0.25) is 5.91 Å². The Morgan fingerprint density at radius 2 is 1.94 bits per heavy atom. The minimum atomic E-state index is -0.236. The van der Waals surface area contributed by atoms with Gasteiger partial charge >= 0.3 is 0 Å². The van der Waals surface area contributed by atoms with Crippen LogP contribution in [-0.4, -0.2) is 31.5 Å². The molecular weight excluding hydrogens is 412 g/mol. The van der Waals surface area contributed by atoms with Crippen LogP contribution in [0.3, 0.4) is 0 Å². The molecule has 0 spiro atoms. The molecule has 4 rings (SSSR count). The van der Waals surface area contributed by atoms with E-state index < -0.39 is 0 Å². The van der Waals surface area contributed by atoms with E-state index in [1.54, 1.807) is 16.7 Å². The van der Waals surface area contributed by atoms with Crippen LogP contribution in [0.4, 0.5) is 5.69 Å². The average molecular weight is 437 g/mol. The largest absolute Gasteiger partial charge is 0.506 e. The zero-order valence-corrected chi connectivity index (χ0v) is 18.7. The minimum Gasteiger partial charge on any atom is -0.506 e. The Morgan fingerprint density at radius 1 is 1.16 bits per heavy atom. The van der Waals surface area contributed by atoms with Gasteiger partial charge < -0.3 is 19.4 Å². The van der Waals surface area contributed by atoms with Crippen LogP contribution in [0.2, 0.25) is 0 Å². The van der Waals surface area contributed by atoms with E-state index in [2.05, 4.69) is 36.3 Å². The first-order chi connectivity index (χ1) is 14.7. The predicted octanol–water partition coefficient (Wildman–Crippen LogP) is 4.96. The highest BCUT2D eigenvalue weighted by Gasteiger charge is 2.18. The van der Waals surface area contributed by atoms with Gasteiger partial charge in [-0.1, -0.05) is 56.8 Å². The minimum absolute atomic E-state index is 0.0391. The number of benzene rings is 2. The summed E-state index contributed by atoms with van der Waals surface area (Å²) >= 11 is 1.27. The Hall–Kier alpha value is -3.26. The number of anilines is 1. The van der Waals surface area contributed by atoms with Gasteiger partial charge in [-0.3, -0.25) is 4.79 Å². The van der Waals surface area contributed by atoms with Crippen molar-refractivity contribution < 1.29 is 14.3 Å². The van der Waals surface area contributed by atoms with Crippen LogP contribution >= 0.6 is 11.8 Å². The van der Waals surface area contributed by atoms with Crippen LogP contribution < -0.4 is 5.32 Å². The van der Waals surface area contributed by atoms with Crippen molar-refractivity contribution in [3.63, 3.8) is 0 Å². The van der Waals surface area contributed by atoms with Gasteiger partial charge in [0.25, 0.3) is 0 Å². The fourth-order valence-electron chi connectivity index (χ4n) is 3.17. The molecule has 0 radical (unpaired) electrons. The average Bonchev–Trinajstić information content (AvgIpc) is 3.30. The van der Waals surface area contributed by atoms with Gasteiger partial charge in [-0.05, 0) is 35.2 Å². The van der Waals surface area contributed by atoms with Crippen molar-refractivity contribution in [2.75, 3.05) is 11.1 Å². The lowest BCUT2D eigenvalue weighted by Crippen LogP contribution is -2.16. The molecule has 0 aliphatic carbocycles. The van der Waals surface area contributed by atoms with Crippen molar-refractivity contribution in [2.45, 2.75) is 31.3 Å². The summed E-state index contributed by atoms with van der Waals surface area (Å²) in [4.78, 5) is 12.5. The van der Waals surface area contributed by atoms with E-state index in [0.717, 1.165) is 16.5 Å². The molecule has 0 fully saturated rings. The van der Waals surface area contributed by atoms with Gasteiger partial charge in [-0.25, -0.2) is 0 Å². The number of rotatable bonds is 5. The molecule has 160 valence electrons. The highest BCUT2D eigenvalue weighted by molar-refractivity contribution is 7.99. The molecule has 0 bridgehead atoms. The number of nitrogens with zero attached hydrogens (tertiary/aromatic N) is 3. The smallest absolute Gasteiger partial charge is 0.234 e. The van der Waals surface area contributed by atoms with Gasteiger partial charge in [-0.2, -0.15) is 0 Å². The summed E-state index contributed by atoms with van der Waals surface area (Å²) in [5, 5.41) is 22.9. The summed E-state index contributed by atoms with van der Waals surface area (Å²) in [6.07, 6.45) is 0. The molecule has 0 aliphatic rings. The number of fused-ring (bicyclic) bond motifs is 1. The third-order valence-electron chi connectivity index (χ3n) is 4.95. The van der Waals surface area contributed by atoms with E-state index >= 15 is 0 Å². The molecule has 0 atom stereocenters. The van der Waals surface area contributed by atoms with E-state index in [1.807, 2.05) is 43.4 Å². The van der Waals surface area contributed by atoms with Crippen LogP contribution in [0.15, 0.2) is 58.1 Å². The molecule has 2 aromatic heterocycles. The maximum atomic E-state index is 12.5. The van der Waals surface area contributed by atoms with Crippen molar-refractivity contribution in [2.24, 2.45) is 7.05 Å². The third kappa shape index (κ3) is 4.44. The molecule has 2 heterocycles. The second-order valence-corrected chi connectivity index (χ2v) is 9.27. The van der Waals surface area contributed by atoms with Crippen LogP contribution in [0.1, 0.15) is 26.3 Å². The van der Waals surface area contributed by atoms with Gasteiger partial charge in [0, 0.05) is 12.4 Å². The van der Waals surface area contributed by atoms with Crippen LogP contribution in [0.25, 0.3) is 22.6 Å².